The van der Waals surface area contributed by atoms with Crippen LogP contribution in [-0.2, 0) is 0 Å². The fourth-order valence-corrected chi connectivity index (χ4v) is 2.29. The number of halogens is 1. The molecule has 0 aliphatic carbocycles. The number of anilines is 2. The van der Waals surface area contributed by atoms with Gasteiger partial charge in [-0.1, -0.05) is 17.7 Å². The molecule has 0 aliphatic rings. The lowest BCUT2D eigenvalue weighted by Gasteiger charge is -2.24. The van der Waals surface area contributed by atoms with Gasteiger partial charge in [0.15, 0.2) is 0 Å². The van der Waals surface area contributed by atoms with E-state index in [1.54, 1.807) is 11.1 Å². The van der Waals surface area contributed by atoms with Crippen molar-refractivity contribution < 1.29 is 4.39 Å². The second-order valence-electron chi connectivity index (χ2n) is 5.69. The maximum absolute atomic E-state index is 13.5. The number of nitrogens with zero attached hydrogens (tertiary/aromatic N) is 2. The van der Waals surface area contributed by atoms with Gasteiger partial charge in [-0.25, -0.2) is 4.39 Å². The Morgan fingerprint density at radius 1 is 1.18 bits per heavy atom. The largest absolute Gasteiger partial charge is 0.398 e. The van der Waals surface area contributed by atoms with Gasteiger partial charge in [-0.2, -0.15) is 5.10 Å². The van der Waals surface area contributed by atoms with Crippen molar-refractivity contribution in [1.82, 2.24) is 0 Å². The van der Waals surface area contributed by atoms with Gasteiger partial charge in [-0.15, -0.1) is 0 Å². The van der Waals surface area contributed by atoms with Crippen molar-refractivity contribution in [3.8, 4) is 0 Å². The van der Waals surface area contributed by atoms with Gasteiger partial charge in [-0.3, -0.25) is 5.01 Å². The lowest BCUT2D eigenvalue weighted by atomic mass is 10.1. The highest BCUT2D eigenvalue weighted by atomic mass is 19.1. The van der Waals surface area contributed by atoms with E-state index in [4.69, 9.17) is 5.73 Å². The Kier molecular flexibility index (Phi) is 4.81. The zero-order valence-corrected chi connectivity index (χ0v) is 13.5. The molecule has 2 N–H and O–H groups in total. The third-order valence-corrected chi connectivity index (χ3v) is 3.42. The first-order chi connectivity index (χ1) is 10.4. The first kappa shape index (κ1) is 16.0. The van der Waals surface area contributed by atoms with Crippen LogP contribution in [0.25, 0.3) is 0 Å². The average Bonchev–Trinajstić information content (AvgIpc) is 2.46. The van der Waals surface area contributed by atoms with E-state index in [-0.39, 0.29) is 11.9 Å². The molecule has 2 rings (SSSR count). The molecular weight excluding hydrogens is 277 g/mol. The lowest BCUT2D eigenvalue weighted by Crippen LogP contribution is -2.26. The summed E-state index contributed by atoms with van der Waals surface area (Å²) in [6, 6.07) is 12.4. The number of hydrazone groups is 1. The minimum atomic E-state index is -0.272. The molecule has 0 unspecified atom stereocenters. The molecule has 0 fully saturated rings. The molecule has 0 amide bonds. The molecule has 0 saturated heterocycles. The predicted molar refractivity (Wildman–Crippen MR) is 91.8 cm³/mol. The Morgan fingerprint density at radius 3 is 2.55 bits per heavy atom. The normalized spacial score (nSPS) is 11.8. The van der Waals surface area contributed by atoms with Crippen LogP contribution >= 0.6 is 0 Å². The first-order valence-corrected chi connectivity index (χ1v) is 7.35. The van der Waals surface area contributed by atoms with Crippen molar-refractivity contribution in [3.05, 3.63) is 59.4 Å². The van der Waals surface area contributed by atoms with Gasteiger partial charge in [0.1, 0.15) is 5.82 Å². The van der Waals surface area contributed by atoms with Crippen LogP contribution in [0.1, 0.15) is 31.9 Å². The third-order valence-electron chi connectivity index (χ3n) is 3.42. The molecule has 0 saturated carbocycles. The van der Waals surface area contributed by atoms with E-state index in [1.165, 1.54) is 12.1 Å². The summed E-state index contributed by atoms with van der Waals surface area (Å²) in [5, 5.41) is 6.47. The van der Waals surface area contributed by atoms with Crippen LogP contribution in [0.15, 0.2) is 47.6 Å². The van der Waals surface area contributed by atoms with Gasteiger partial charge in [0.25, 0.3) is 0 Å². The topological polar surface area (TPSA) is 41.6 Å². The summed E-state index contributed by atoms with van der Waals surface area (Å²) in [4.78, 5) is 0. The molecule has 0 aromatic heterocycles. The van der Waals surface area contributed by atoms with Crippen LogP contribution in [0.3, 0.4) is 0 Å². The molecule has 2 aromatic rings. The SMILES string of the molecule is C/C(=N\N(c1cccc(F)c1)C(C)C)c1cc(C)ccc1N. The van der Waals surface area contributed by atoms with Crippen molar-refractivity contribution in [2.45, 2.75) is 33.7 Å². The molecule has 0 bridgehead atoms. The molecule has 0 aliphatic heterocycles. The zero-order chi connectivity index (χ0) is 16.3. The van der Waals surface area contributed by atoms with E-state index in [0.717, 1.165) is 22.5 Å². The van der Waals surface area contributed by atoms with Crippen LogP contribution in [0.2, 0.25) is 0 Å². The molecule has 2 aromatic carbocycles. The highest BCUT2D eigenvalue weighted by Gasteiger charge is 2.12. The monoisotopic (exact) mass is 299 g/mol. The molecule has 0 radical (unpaired) electrons. The van der Waals surface area contributed by atoms with Crippen LogP contribution in [0.4, 0.5) is 15.8 Å². The van der Waals surface area contributed by atoms with Gasteiger partial charge >= 0.3 is 0 Å². The number of benzene rings is 2. The van der Waals surface area contributed by atoms with Gasteiger partial charge in [0.2, 0.25) is 0 Å². The molecule has 0 heterocycles. The Hall–Kier alpha value is -2.36. The zero-order valence-electron chi connectivity index (χ0n) is 13.5. The number of nitrogen functional groups attached to an aromatic ring is 1. The summed E-state index contributed by atoms with van der Waals surface area (Å²) < 4.78 is 13.5. The predicted octanol–water partition coefficient (Wildman–Crippen LogP) is 4.36. The van der Waals surface area contributed by atoms with E-state index in [9.17, 15) is 4.39 Å². The van der Waals surface area contributed by atoms with E-state index in [2.05, 4.69) is 5.10 Å². The van der Waals surface area contributed by atoms with Crippen molar-refractivity contribution in [3.63, 3.8) is 0 Å². The van der Waals surface area contributed by atoms with Crippen molar-refractivity contribution in [2.24, 2.45) is 5.10 Å². The minimum Gasteiger partial charge on any atom is -0.398 e. The molecular formula is C18H22FN3. The standard InChI is InChI=1S/C18H22FN3/c1-12(2)22(16-7-5-6-15(19)11-16)21-14(4)17-10-13(3)8-9-18(17)20/h5-12H,20H2,1-4H3/b21-14+. The second-order valence-corrected chi connectivity index (χ2v) is 5.69. The second kappa shape index (κ2) is 6.60. The fraction of sp³-hybridized carbons (Fsp3) is 0.278. The smallest absolute Gasteiger partial charge is 0.125 e. The highest BCUT2D eigenvalue weighted by Crippen LogP contribution is 2.21. The average molecular weight is 299 g/mol. The van der Waals surface area contributed by atoms with Gasteiger partial charge in [0.05, 0.1) is 11.4 Å². The van der Waals surface area contributed by atoms with Gasteiger partial charge in [-0.05, 0) is 58.0 Å². The van der Waals surface area contributed by atoms with Crippen molar-refractivity contribution in [2.75, 3.05) is 10.7 Å². The summed E-state index contributed by atoms with van der Waals surface area (Å²) in [7, 11) is 0. The summed E-state index contributed by atoms with van der Waals surface area (Å²) in [5.74, 6) is -0.272. The Labute approximate surface area is 131 Å². The first-order valence-electron chi connectivity index (χ1n) is 7.35. The third kappa shape index (κ3) is 3.64. The Morgan fingerprint density at radius 2 is 1.91 bits per heavy atom. The number of rotatable bonds is 4. The summed E-state index contributed by atoms with van der Waals surface area (Å²) in [5.41, 5.74) is 10.3. The number of nitrogens with two attached hydrogens (primary N) is 1. The van der Waals surface area contributed by atoms with Crippen LogP contribution < -0.4 is 10.7 Å². The number of aryl methyl sites for hydroxylation is 1. The lowest BCUT2D eigenvalue weighted by molar-refractivity contribution is 0.624. The molecule has 3 nitrogen and oxygen atoms in total. The molecule has 22 heavy (non-hydrogen) atoms. The van der Waals surface area contributed by atoms with E-state index < -0.39 is 0 Å². The van der Waals surface area contributed by atoms with Crippen LogP contribution in [0, 0.1) is 12.7 Å². The maximum atomic E-state index is 13.5. The summed E-state index contributed by atoms with van der Waals surface area (Å²) in [6.45, 7) is 7.96. The van der Waals surface area contributed by atoms with Crippen molar-refractivity contribution >= 4 is 17.1 Å². The Bertz CT molecular complexity index is 692. The van der Waals surface area contributed by atoms with Gasteiger partial charge < -0.3 is 5.73 Å². The minimum absolute atomic E-state index is 0.0998. The summed E-state index contributed by atoms with van der Waals surface area (Å²) >= 11 is 0. The number of hydrogen-bond donors (Lipinski definition) is 1. The maximum Gasteiger partial charge on any atom is 0.125 e. The quantitative estimate of drug-likeness (QED) is 0.518. The molecule has 0 spiro atoms. The summed E-state index contributed by atoms with van der Waals surface area (Å²) in [6.07, 6.45) is 0. The van der Waals surface area contributed by atoms with E-state index >= 15 is 0 Å². The van der Waals surface area contributed by atoms with Crippen LogP contribution in [0.5, 0.6) is 0 Å². The van der Waals surface area contributed by atoms with Crippen LogP contribution in [-0.4, -0.2) is 11.8 Å². The fourth-order valence-electron chi connectivity index (χ4n) is 2.29. The van der Waals surface area contributed by atoms with E-state index in [0.29, 0.717) is 5.69 Å². The highest BCUT2D eigenvalue weighted by molar-refractivity contribution is 6.03. The molecule has 0 atom stereocenters. The molecule has 116 valence electrons. The van der Waals surface area contributed by atoms with Gasteiger partial charge in [0, 0.05) is 17.3 Å². The molecule has 4 heteroatoms. The van der Waals surface area contributed by atoms with Crippen molar-refractivity contribution in [1.29, 1.82) is 0 Å². The Balaban J connectivity index is 2.43. The number of hydrogen-bond acceptors (Lipinski definition) is 3. The van der Waals surface area contributed by atoms with E-state index in [1.807, 2.05) is 52.0 Å².